The van der Waals surface area contributed by atoms with E-state index in [0.29, 0.717) is 24.8 Å². The second kappa shape index (κ2) is 6.53. The summed E-state index contributed by atoms with van der Waals surface area (Å²) in [6, 6.07) is 4.20. The molecule has 21 heavy (non-hydrogen) atoms. The van der Waals surface area contributed by atoms with E-state index in [4.69, 9.17) is 0 Å². The van der Waals surface area contributed by atoms with Crippen molar-refractivity contribution in [2.45, 2.75) is 37.5 Å². The third-order valence-electron chi connectivity index (χ3n) is 3.61. The molecular formula is C14H18FNO4S. The molecule has 0 radical (unpaired) electrons. The zero-order chi connectivity index (χ0) is 15.5. The number of carboxylic acid groups (broad SMARTS) is 1. The van der Waals surface area contributed by atoms with Crippen molar-refractivity contribution in [1.29, 1.82) is 0 Å². The molecule has 0 spiro atoms. The summed E-state index contributed by atoms with van der Waals surface area (Å²) < 4.78 is 38.9. The van der Waals surface area contributed by atoms with Gasteiger partial charge in [0.15, 0.2) is 0 Å². The number of aliphatic carboxylic acids is 1. The molecule has 0 aliphatic carbocycles. The first-order valence-corrected chi connectivity index (χ1v) is 8.48. The Balaban J connectivity index is 2.22. The Morgan fingerprint density at radius 2 is 1.90 bits per heavy atom. The summed E-state index contributed by atoms with van der Waals surface area (Å²) in [5.41, 5.74) is 0.449. The molecule has 1 aromatic carbocycles. The lowest BCUT2D eigenvalue weighted by Gasteiger charge is -2.26. The number of benzene rings is 1. The Morgan fingerprint density at radius 3 is 2.52 bits per heavy atom. The van der Waals surface area contributed by atoms with E-state index in [2.05, 4.69) is 0 Å². The van der Waals surface area contributed by atoms with Crippen molar-refractivity contribution in [2.75, 3.05) is 6.54 Å². The highest BCUT2D eigenvalue weighted by Crippen LogP contribution is 2.22. The summed E-state index contributed by atoms with van der Waals surface area (Å²) in [5, 5.41) is 9.24. The molecule has 0 saturated carbocycles. The van der Waals surface area contributed by atoms with Crippen LogP contribution in [0.25, 0.3) is 0 Å². The maximum Gasteiger partial charge on any atom is 0.322 e. The van der Waals surface area contributed by atoms with Crippen LogP contribution in [0.15, 0.2) is 24.3 Å². The van der Waals surface area contributed by atoms with Crippen molar-refractivity contribution >= 4 is 16.0 Å². The molecule has 2 rings (SSSR count). The van der Waals surface area contributed by atoms with E-state index in [1.54, 1.807) is 0 Å². The Kier molecular flexibility index (Phi) is 4.95. The van der Waals surface area contributed by atoms with E-state index in [-0.39, 0.29) is 12.3 Å². The van der Waals surface area contributed by atoms with Crippen LogP contribution in [0.4, 0.5) is 4.39 Å². The first-order valence-electron chi connectivity index (χ1n) is 6.87. The molecule has 1 atom stereocenters. The Labute approximate surface area is 123 Å². The van der Waals surface area contributed by atoms with Crippen molar-refractivity contribution in [1.82, 2.24) is 4.31 Å². The highest BCUT2D eigenvalue weighted by atomic mass is 32.2. The minimum Gasteiger partial charge on any atom is -0.480 e. The Bertz CT molecular complexity index is 600. The van der Waals surface area contributed by atoms with Gasteiger partial charge in [-0.1, -0.05) is 25.0 Å². The monoisotopic (exact) mass is 315 g/mol. The summed E-state index contributed by atoms with van der Waals surface area (Å²) in [6.07, 6.45) is 2.52. The van der Waals surface area contributed by atoms with Gasteiger partial charge in [0.05, 0.1) is 5.75 Å². The van der Waals surface area contributed by atoms with Crippen LogP contribution in [0.3, 0.4) is 0 Å². The average molecular weight is 315 g/mol. The van der Waals surface area contributed by atoms with Crippen LogP contribution in [0.1, 0.15) is 31.2 Å². The van der Waals surface area contributed by atoms with Gasteiger partial charge < -0.3 is 5.11 Å². The molecule has 1 saturated heterocycles. The summed E-state index contributed by atoms with van der Waals surface area (Å²) >= 11 is 0. The normalized spacial score (nSPS) is 20.9. The lowest BCUT2D eigenvalue weighted by atomic mass is 10.1. The molecule has 1 aromatic rings. The van der Waals surface area contributed by atoms with Gasteiger partial charge in [-0.25, -0.2) is 12.8 Å². The van der Waals surface area contributed by atoms with Gasteiger partial charge >= 0.3 is 5.97 Å². The number of rotatable bonds is 4. The molecule has 7 heteroatoms. The standard InChI is InChI=1S/C14H18FNO4S/c15-12-7-5-11(6-8-12)10-21(19,20)16-9-3-1-2-4-13(16)14(17)18/h5-8,13H,1-4,9-10H2,(H,17,18). The van der Waals surface area contributed by atoms with E-state index in [1.807, 2.05) is 0 Å². The third-order valence-corrected chi connectivity index (χ3v) is 5.46. The minimum absolute atomic E-state index is 0.223. The Hall–Kier alpha value is -1.47. The molecule has 1 N–H and O–H groups in total. The van der Waals surface area contributed by atoms with Gasteiger partial charge in [-0.2, -0.15) is 4.31 Å². The van der Waals surface area contributed by atoms with Crippen LogP contribution in [-0.2, 0) is 20.6 Å². The van der Waals surface area contributed by atoms with E-state index in [1.165, 1.54) is 24.3 Å². The average Bonchev–Trinajstić information content (AvgIpc) is 2.67. The molecule has 1 aliphatic rings. The number of hydrogen-bond acceptors (Lipinski definition) is 3. The van der Waals surface area contributed by atoms with E-state index >= 15 is 0 Å². The van der Waals surface area contributed by atoms with Gasteiger partial charge in [0, 0.05) is 6.54 Å². The molecule has 0 aromatic heterocycles. The van der Waals surface area contributed by atoms with Crippen LogP contribution < -0.4 is 0 Å². The highest BCUT2D eigenvalue weighted by molar-refractivity contribution is 7.88. The van der Waals surface area contributed by atoms with Crippen molar-refractivity contribution in [2.24, 2.45) is 0 Å². The van der Waals surface area contributed by atoms with Crippen LogP contribution in [-0.4, -0.2) is 36.4 Å². The van der Waals surface area contributed by atoms with Crippen LogP contribution in [0.2, 0.25) is 0 Å². The lowest BCUT2D eigenvalue weighted by molar-refractivity contribution is -0.141. The number of sulfonamides is 1. The van der Waals surface area contributed by atoms with Gasteiger partial charge in [0.2, 0.25) is 10.0 Å². The smallest absolute Gasteiger partial charge is 0.322 e. The molecule has 1 heterocycles. The van der Waals surface area contributed by atoms with Crippen molar-refractivity contribution in [3.8, 4) is 0 Å². The number of carboxylic acids is 1. The highest BCUT2D eigenvalue weighted by Gasteiger charge is 2.35. The summed E-state index contributed by atoms with van der Waals surface area (Å²) in [4.78, 5) is 11.3. The van der Waals surface area contributed by atoms with E-state index in [9.17, 15) is 22.7 Å². The fourth-order valence-corrected chi connectivity index (χ4v) is 4.31. The quantitative estimate of drug-likeness (QED) is 0.922. The maximum atomic E-state index is 12.9. The first kappa shape index (κ1) is 15.9. The molecule has 1 aliphatic heterocycles. The summed E-state index contributed by atoms with van der Waals surface area (Å²) in [7, 11) is -3.74. The predicted molar refractivity (Wildman–Crippen MR) is 75.6 cm³/mol. The maximum absolute atomic E-state index is 12.9. The molecule has 5 nitrogen and oxygen atoms in total. The number of hydrogen-bond donors (Lipinski definition) is 1. The minimum atomic E-state index is -3.74. The van der Waals surface area contributed by atoms with Gasteiger partial charge in [-0.3, -0.25) is 4.79 Å². The zero-order valence-electron chi connectivity index (χ0n) is 11.5. The summed E-state index contributed by atoms with van der Waals surface area (Å²) in [5.74, 6) is -1.86. The molecule has 0 bridgehead atoms. The number of carbonyl (C=O) groups is 1. The van der Waals surface area contributed by atoms with Crippen LogP contribution >= 0.6 is 0 Å². The van der Waals surface area contributed by atoms with E-state index < -0.39 is 27.9 Å². The third kappa shape index (κ3) is 4.01. The zero-order valence-corrected chi connectivity index (χ0v) is 12.4. The SMILES string of the molecule is O=C(O)C1CCCCCN1S(=O)(=O)Cc1ccc(F)cc1. The first-order chi connectivity index (χ1) is 9.90. The lowest BCUT2D eigenvalue weighted by Crippen LogP contribution is -2.45. The molecule has 0 amide bonds. The fourth-order valence-electron chi connectivity index (χ4n) is 2.54. The Morgan fingerprint density at radius 1 is 1.24 bits per heavy atom. The van der Waals surface area contributed by atoms with Crippen molar-refractivity contribution in [3.05, 3.63) is 35.6 Å². The number of halogens is 1. The van der Waals surface area contributed by atoms with Crippen molar-refractivity contribution in [3.63, 3.8) is 0 Å². The second-order valence-corrected chi connectivity index (χ2v) is 7.12. The predicted octanol–water partition coefficient (Wildman–Crippen LogP) is 1.98. The second-order valence-electron chi connectivity index (χ2n) is 5.20. The molecule has 1 unspecified atom stereocenters. The molecular weight excluding hydrogens is 297 g/mol. The van der Waals surface area contributed by atoms with Gasteiger partial charge in [-0.05, 0) is 30.5 Å². The van der Waals surface area contributed by atoms with Crippen LogP contribution in [0, 0.1) is 5.82 Å². The number of nitrogens with zero attached hydrogens (tertiary/aromatic N) is 1. The molecule has 1 fully saturated rings. The van der Waals surface area contributed by atoms with E-state index in [0.717, 1.165) is 10.7 Å². The summed E-state index contributed by atoms with van der Waals surface area (Å²) in [6.45, 7) is 0.223. The topological polar surface area (TPSA) is 74.7 Å². The van der Waals surface area contributed by atoms with Gasteiger partial charge in [0.25, 0.3) is 0 Å². The fraction of sp³-hybridized carbons (Fsp3) is 0.500. The van der Waals surface area contributed by atoms with Gasteiger partial charge in [0.1, 0.15) is 11.9 Å². The van der Waals surface area contributed by atoms with Crippen molar-refractivity contribution < 1.29 is 22.7 Å². The van der Waals surface area contributed by atoms with Crippen LogP contribution in [0.5, 0.6) is 0 Å². The largest absolute Gasteiger partial charge is 0.480 e. The van der Waals surface area contributed by atoms with Gasteiger partial charge in [-0.15, -0.1) is 0 Å². The molecule has 116 valence electrons.